The number of carbonyl (C=O) groups is 1. The zero-order valence-corrected chi connectivity index (χ0v) is 19.7. The van der Waals surface area contributed by atoms with Crippen molar-refractivity contribution in [3.8, 4) is 0 Å². The number of fused-ring (bicyclic) bond motifs is 1. The molecule has 2 aromatic carbocycles. The predicted octanol–water partition coefficient (Wildman–Crippen LogP) is 4.02. The number of ether oxygens (including phenoxy) is 2. The number of rotatable bonds is 7. The van der Waals surface area contributed by atoms with E-state index in [4.69, 9.17) is 13.9 Å². The first-order chi connectivity index (χ1) is 15.8. The van der Waals surface area contributed by atoms with Gasteiger partial charge in [-0.1, -0.05) is 18.2 Å². The first-order valence-corrected chi connectivity index (χ1v) is 12.4. The average Bonchev–Trinajstić information content (AvgIpc) is 3.16. The lowest BCUT2D eigenvalue weighted by molar-refractivity contribution is -0.0440. The van der Waals surface area contributed by atoms with Crippen LogP contribution in [0.2, 0.25) is 0 Å². The lowest BCUT2D eigenvalue weighted by Crippen LogP contribution is -2.48. The third kappa shape index (κ3) is 4.96. The van der Waals surface area contributed by atoms with Crippen molar-refractivity contribution in [2.45, 2.75) is 44.5 Å². The second kappa shape index (κ2) is 9.64. The van der Waals surface area contributed by atoms with Gasteiger partial charge in [-0.25, -0.2) is 8.42 Å². The van der Waals surface area contributed by atoms with E-state index in [0.717, 1.165) is 5.39 Å². The van der Waals surface area contributed by atoms with Gasteiger partial charge in [0.15, 0.2) is 5.76 Å². The molecule has 1 aliphatic rings. The number of anilines is 1. The third-order valence-electron chi connectivity index (χ3n) is 5.49. The van der Waals surface area contributed by atoms with Crippen LogP contribution in [0.15, 0.2) is 57.8 Å². The van der Waals surface area contributed by atoms with Crippen molar-refractivity contribution in [1.29, 1.82) is 0 Å². The Morgan fingerprint density at radius 1 is 1.09 bits per heavy atom. The van der Waals surface area contributed by atoms with Crippen LogP contribution in [0.5, 0.6) is 0 Å². The Morgan fingerprint density at radius 3 is 2.42 bits per heavy atom. The summed E-state index contributed by atoms with van der Waals surface area (Å²) in [5.41, 5.74) is 1.75. The van der Waals surface area contributed by atoms with Crippen LogP contribution in [-0.2, 0) is 26.1 Å². The van der Waals surface area contributed by atoms with Crippen LogP contribution < -0.4 is 5.32 Å². The van der Waals surface area contributed by atoms with Crippen molar-refractivity contribution in [3.63, 3.8) is 0 Å². The minimum absolute atomic E-state index is 0.169. The van der Waals surface area contributed by atoms with E-state index in [1.54, 1.807) is 18.2 Å². The lowest BCUT2D eigenvalue weighted by atomic mass is 10.1. The van der Waals surface area contributed by atoms with E-state index in [9.17, 15) is 13.2 Å². The highest BCUT2D eigenvalue weighted by molar-refractivity contribution is 7.89. The molecule has 1 N–H and O–H groups in total. The molecule has 1 aromatic heterocycles. The summed E-state index contributed by atoms with van der Waals surface area (Å²) in [6.45, 7) is 6.97. The first kappa shape index (κ1) is 23.4. The van der Waals surface area contributed by atoms with Gasteiger partial charge in [-0.2, -0.15) is 4.31 Å². The molecule has 1 amide bonds. The molecule has 0 unspecified atom stereocenters. The molecule has 3 aromatic rings. The molecule has 1 aliphatic heterocycles. The largest absolute Gasteiger partial charge is 0.451 e. The second-order valence-electron chi connectivity index (χ2n) is 8.10. The number of hydrogen-bond donors (Lipinski definition) is 1. The number of sulfonamides is 1. The fourth-order valence-electron chi connectivity index (χ4n) is 4.00. The molecule has 2 atom stereocenters. The van der Waals surface area contributed by atoms with Crippen molar-refractivity contribution in [1.82, 2.24) is 4.31 Å². The van der Waals surface area contributed by atoms with E-state index in [0.29, 0.717) is 36.5 Å². The molecule has 33 heavy (non-hydrogen) atoms. The number of nitrogens with one attached hydrogen (secondary N) is 1. The van der Waals surface area contributed by atoms with Gasteiger partial charge in [-0.15, -0.1) is 0 Å². The third-order valence-corrected chi connectivity index (χ3v) is 7.34. The molecule has 8 nitrogen and oxygen atoms in total. The maximum atomic E-state index is 13.0. The van der Waals surface area contributed by atoms with Gasteiger partial charge < -0.3 is 19.2 Å². The fourth-order valence-corrected chi connectivity index (χ4v) is 5.59. The Labute approximate surface area is 193 Å². The van der Waals surface area contributed by atoms with Gasteiger partial charge in [-0.05, 0) is 51.1 Å². The Hall–Kier alpha value is -2.72. The second-order valence-corrected chi connectivity index (χ2v) is 10.0. The standard InChI is InChI=1S/C24H28N2O6S/c1-4-30-15-21-20-7-5-6-8-22(20)32-23(21)24(27)25-18-9-11-19(12-10-18)33(28,29)26-13-16(2)31-17(3)14-26/h5-12,16-17H,4,13-15H2,1-3H3,(H,25,27)/t16-,17+. The number of amides is 1. The number of morpholine rings is 1. The number of nitrogens with zero attached hydrogens (tertiary/aromatic N) is 1. The van der Waals surface area contributed by atoms with Crippen LogP contribution in [-0.4, -0.2) is 50.5 Å². The summed E-state index contributed by atoms with van der Waals surface area (Å²) in [5, 5.41) is 3.62. The quantitative estimate of drug-likeness (QED) is 0.558. The van der Waals surface area contributed by atoms with Gasteiger partial charge >= 0.3 is 0 Å². The summed E-state index contributed by atoms with van der Waals surface area (Å²) in [6.07, 6.45) is -0.339. The molecule has 0 bridgehead atoms. The van der Waals surface area contributed by atoms with E-state index in [1.807, 2.05) is 39.0 Å². The van der Waals surface area contributed by atoms with Crippen molar-refractivity contribution in [3.05, 3.63) is 59.9 Å². The highest BCUT2D eigenvalue weighted by Crippen LogP contribution is 2.28. The van der Waals surface area contributed by atoms with E-state index >= 15 is 0 Å². The van der Waals surface area contributed by atoms with Gasteiger partial charge in [0.25, 0.3) is 5.91 Å². The number of para-hydroxylation sites is 1. The van der Waals surface area contributed by atoms with Crippen molar-refractivity contribution in [2.24, 2.45) is 0 Å². The monoisotopic (exact) mass is 472 g/mol. The lowest BCUT2D eigenvalue weighted by Gasteiger charge is -2.34. The maximum Gasteiger partial charge on any atom is 0.291 e. The topological polar surface area (TPSA) is 98.1 Å². The zero-order valence-electron chi connectivity index (χ0n) is 18.9. The Balaban J connectivity index is 1.53. The Bertz CT molecular complexity index is 1230. The summed E-state index contributed by atoms with van der Waals surface area (Å²) < 4.78 is 44.5. The molecule has 1 fully saturated rings. The average molecular weight is 473 g/mol. The van der Waals surface area contributed by atoms with Gasteiger partial charge in [0.2, 0.25) is 10.0 Å². The summed E-state index contributed by atoms with van der Waals surface area (Å²) >= 11 is 0. The van der Waals surface area contributed by atoms with Crippen LogP contribution in [0, 0.1) is 0 Å². The molecule has 176 valence electrons. The molecular formula is C24H28N2O6S. The molecule has 9 heteroatoms. The molecule has 0 saturated carbocycles. The molecule has 0 spiro atoms. The summed E-state index contributed by atoms with van der Waals surface area (Å²) in [5.74, 6) is -0.245. The number of hydrogen-bond acceptors (Lipinski definition) is 6. The van der Waals surface area contributed by atoms with Crippen LogP contribution in [0.4, 0.5) is 5.69 Å². The van der Waals surface area contributed by atoms with Crippen LogP contribution in [0.25, 0.3) is 11.0 Å². The molecule has 0 radical (unpaired) electrons. The van der Waals surface area contributed by atoms with E-state index in [1.165, 1.54) is 16.4 Å². The Kier molecular flexibility index (Phi) is 6.85. The van der Waals surface area contributed by atoms with Crippen LogP contribution >= 0.6 is 0 Å². The normalized spacial score (nSPS) is 19.6. The minimum atomic E-state index is -3.65. The zero-order chi connectivity index (χ0) is 23.6. The van der Waals surface area contributed by atoms with Crippen LogP contribution in [0.1, 0.15) is 36.9 Å². The smallest absolute Gasteiger partial charge is 0.291 e. The summed E-state index contributed by atoms with van der Waals surface area (Å²) in [7, 11) is -3.65. The fraction of sp³-hybridized carbons (Fsp3) is 0.375. The van der Waals surface area contributed by atoms with Crippen molar-refractivity contribution < 1.29 is 27.1 Å². The van der Waals surface area contributed by atoms with Gasteiger partial charge in [-0.3, -0.25) is 4.79 Å². The predicted molar refractivity (Wildman–Crippen MR) is 125 cm³/mol. The van der Waals surface area contributed by atoms with Crippen molar-refractivity contribution >= 4 is 32.6 Å². The van der Waals surface area contributed by atoms with Gasteiger partial charge in [0.05, 0.1) is 23.7 Å². The van der Waals surface area contributed by atoms with Gasteiger partial charge in [0.1, 0.15) is 5.58 Å². The molecule has 0 aliphatic carbocycles. The van der Waals surface area contributed by atoms with E-state index in [2.05, 4.69) is 5.32 Å². The molecule has 1 saturated heterocycles. The molecule has 4 rings (SSSR count). The first-order valence-electron chi connectivity index (χ1n) is 10.9. The van der Waals surface area contributed by atoms with E-state index < -0.39 is 15.9 Å². The van der Waals surface area contributed by atoms with E-state index in [-0.39, 0.29) is 29.5 Å². The number of benzene rings is 2. The minimum Gasteiger partial charge on any atom is -0.451 e. The number of carbonyl (C=O) groups excluding carboxylic acids is 1. The van der Waals surface area contributed by atoms with Crippen LogP contribution in [0.3, 0.4) is 0 Å². The SMILES string of the molecule is CCOCc1c(C(=O)Nc2ccc(S(=O)(=O)N3C[C@@H](C)O[C@@H](C)C3)cc2)oc2ccccc12. The number of furan rings is 1. The molecular weight excluding hydrogens is 444 g/mol. The van der Waals surface area contributed by atoms with Crippen molar-refractivity contribution in [2.75, 3.05) is 25.0 Å². The Morgan fingerprint density at radius 2 is 1.76 bits per heavy atom. The highest BCUT2D eigenvalue weighted by atomic mass is 32.2. The summed E-state index contributed by atoms with van der Waals surface area (Å²) in [4.78, 5) is 13.1. The summed E-state index contributed by atoms with van der Waals surface area (Å²) in [6, 6.07) is 13.5. The van der Waals surface area contributed by atoms with Gasteiger partial charge in [0, 0.05) is 36.3 Å². The molecule has 2 heterocycles. The highest BCUT2D eigenvalue weighted by Gasteiger charge is 2.32. The maximum absolute atomic E-state index is 13.0.